The maximum absolute atomic E-state index is 12.3. The molecule has 0 radical (unpaired) electrons. The summed E-state index contributed by atoms with van der Waals surface area (Å²) in [5, 5.41) is 0.466. The van der Waals surface area contributed by atoms with Gasteiger partial charge in [0.15, 0.2) is 6.10 Å². The van der Waals surface area contributed by atoms with E-state index in [1.54, 1.807) is 49.4 Å². The average Bonchev–Trinajstić information content (AvgIpc) is 2.54. The van der Waals surface area contributed by atoms with Crippen LogP contribution in [-0.2, 0) is 4.74 Å². The molecule has 0 aliphatic carbocycles. The van der Waals surface area contributed by atoms with Crippen molar-refractivity contribution in [3.8, 4) is 0 Å². The number of halogens is 1. The molecule has 0 aliphatic rings. The Balaban J connectivity index is 2.10. The Morgan fingerprint density at radius 3 is 2.35 bits per heavy atom. The molecule has 0 fully saturated rings. The fourth-order valence-electron chi connectivity index (χ4n) is 2.07. The first-order valence-electron chi connectivity index (χ1n) is 7.16. The monoisotopic (exact) mass is 331 g/mol. The Morgan fingerprint density at radius 1 is 1.04 bits per heavy atom. The summed E-state index contributed by atoms with van der Waals surface area (Å²) in [6.45, 7) is 1.55. The third kappa shape index (κ3) is 4.33. The molecule has 120 valence electrons. The zero-order chi connectivity index (χ0) is 17.0. The number of hydrogen-bond donors (Lipinski definition) is 0. The van der Waals surface area contributed by atoms with E-state index in [4.69, 9.17) is 16.3 Å². The van der Waals surface area contributed by atoms with E-state index < -0.39 is 12.1 Å². The number of anilines is 1. The van der Waals surface area contributed by atoms with E-state index in [2.05, 4.69) is 0 Å². The summed E-state index contributed by atoms with van der Waals surface area (Å²) in [6, 6.07) is 13.6. The number of carbonyl (C=O) groups is 2. The lowest BCUT2D eigenvalue weighted by Gasteiger charge is -2.15. The molecule has 0 saturated carbocycles. The summed E-state index contributed by atoms with van der Waals surface area (Å²) in [7, 11) is 3.77. The smallest absolute Gasteiger partial charge is 0.338 e. The van der Waals surface area contributed by atoms with E-state index in [-0.39, 0.29) is 5.78 Å². The highest BCUT2D eigenvalue weighted by Crippen LogP contribution is 2.17. The number of benzene rings is 2. The van der Waals surface area contributed by atoms with Crippen LogP contribution >= 0.6 is 11.6 Å². The van der Waals surface area contributed by atoms with Gasteiger partial charge in [-0.3, -0.25) is 4.79 Å². The molecule has 5 heteroatoms. The first-order valence-corrected chi connectivity index (χ1v) is 7.54. The maximum Gasteiger partial charge on any atom is 0.338 e. The molecule has 0 N–H and O–H groups in total. The molecular formula is C18H18ClNO3. The molecule has 0 saturated heterocycles. The highest BCUT2D eigenvalue weighted by molar-refractivity contribution is 6.31. The van der Waals surface area contributed by atoms with Gasteiger partial charge < -0.3 is 9.64 Å². The average molecular weight is 332 g/mol. The van der Waals surface area contributed by atoms with Crippen molar-refractivity contribution in [1.29, 1.82) is 0 Å². The van der Waals surface area contributed by atoms with Crippen molar-refractivity contribution in [2.24, 2.45) is 0 Å². The highest BCUT2D eigenvalue weighted by atomic mass is 35.5. The number of ether oxygens (including phenoxy) is 1. The molecular weight excluding hydrogens is 314 g/mol. The Hall–Kier alpha value is -2.33. The summed E-state index contributed by atoms with van der Waals surface area (Å²) >= 11 is 5.88. The first kappa shape index (κ1) is 17.0. The number of rotatable bonds is 5. The molecule has 1 atom stereocenters. The molecule has 2 aromatic carbocycles. The molecule has 2 aromatic rings. The van der Waals surface area contributed by atoms with Gasteiger partial charge in [0.2, 0.25) is 5.78 Å². The van der Waals surface area contributed by atoms with Gasteiger partial charge in [0.25, 0.3) is 0 Å². The van der Waals surface area contributed by atoms with Gasteiger partial charge in [-0.2, -0.15) is 0 Å². The molecule has 2 rings (SSSR count). The van der Waals surface area contributed by atoms with Gasteiger partial charge in [0.05, 0.1) is 5.56 Å². The van der Waals surface area contributed by atoms with Gasteiger partial charge >= 0.3 is 5.97 Å². The highest BCUT2D eigenvalue weighted by Gasteiger charge is 2.20. The molecule has 4 nitrogen and oxygen atoms in total. The molecule has 0 spiro atoms. The minimum atomic E-state index is -0.885. The second-order valence-electron chi connectivity index (χ2n) is 5.37. The Labute approximate surface area is 140 Å². The Kier molecular flexibility index (Phi) is 5.40. The molecule has 23 heavy (non-hydrogen) atoms. The summed E-state index contributed by atoms with van der Waals surface area (Å²) in [5.74, 6) is -0.818. The minimum absolute atomic E-state index is 0.287. The molecule has 0 heterocycles. The van der Waals surface area contributed by atoms with Crippen LogP contribution in [0.5, 0.6) is 0 Å². The normalized spacial score (nSPS) is 11.7. The third-order valence-electron chi connectivity index (χ3n) is 3.36. The topological polar surface area (TPSA) is 46.6 Å². The van der Waals surface area contributed by atoms with E-state index >= 15 is 0 Å². The summed E-state index contributed by atoms with van der Waals surface area (Å²) in [6.07, 6.45) is -0.885. The van der Waals surface area contributed by atoms with Gasteiger partial charge in [-0.25, -0.2) is 4.79 Å². The van der Waals surface area contributed by atoms with Crippen LogP contribution in [-0.4, -0.2) is 32.0 Å². The van der Waals surface area contributed by atoms with E-state index in [9.17, 15) is 9.59 Å². The van der Waals surface area contributed by atoms with Crippen LogP contribution in [0, 0.1) is 0 Å². The number of hydrogen-bond acceptors (Lipinski definition) is 4. The van der Waals surface area contributed by atoms with Crippen molar-refractivity contribution < 1.29 is 14.3 Å². The van der Waals surface area contributed by atoms with Crippen LogP contribution in [0.25, 0.3) is 0 Å². The molecule has 0 amide bonds. The second kappa shape index (κ2) is 7.29. The summed E-state index contributed by atoms with van der Waals surface area (Å²) in [5.41, 5.74) is 1.70. The largest absolute Gasteiger partial charge is 0.451 e. The van der Waals surface area contributed by atoms with Crippen LogP contribution in [0.4, 0.5) is 5.69 Å². The predicted molar refractivity (Wildman–Crippen MR) is 91.4 cm³/mol. The van der Waals surface area contributed by atoms with Gasteiger partial charge in [0, 0.05) is 30.4 Å². The van der Waals surface area contributed by atoms with E-state index in [1.165, 1.54) is 0 Å². The third-order valence-corrected chi connectivity index (χ3v) is 3.60. The maximum atomic E-state index is 12.3. The van der Waals surface area contributed by atoms with Crippen LogP contribution in [0.15, 0.2) is 48.5 Å². The number of Topliss-reactive ketones (excluding diaryl/α,β-unsaturated/α-hetero) is 1. The van der Waals surface area contributed by atoms with Gasteiger partial charge in [-0.15, -0.1) is 0 Å². The number of nitrogens with zero attached hydrogens (tertiary/aromatic N) is 1. The van der Waals surface area contributed by atoms with E-state index in [0.29, 0.717) is 16.1 Å². The van der Waals surface area contributed by atoms with Crippen LogP contribution in [0.3, 0.4) is 0 Å². The lowest BCUT2D eigenvalue weighted by molar-refractivity contribution is 0.0319. The Bertz CT molecular complexity index is 728. The van der Waals surface area contributed by atoms with Crippen molar-refractivity contribution in [3.05, 3.63) is 64.7 Å². The quantitative estimate of drug-likeness (QED) is 0.617. The first-order chi connectivity index (χ1) is 10.9. The fourth-order valence-corrected chi connectivity index (χ4v) is 2.26. The lowest BCUT2D eigenvalue weighted by Crippen LogP contribution is -2.24. The Morgan fingerprint density at radius 2 is 1.70 bits per heavy atom. The molecule has 0 unspecified atom stereocenters. The van der Waals surface area contributed by atoms with E-state index in [1.807, 2.05) is 25.1 Å². The SMILES string of the molecule is C[C@H](OC(=O)c1cccc(N(C)C)c1)C(=O)c1cccc(Cl)c1. The van der Waals surface area contributed by atoms with Crippen LogP contribution in [0.2, 0.25) is 5.02 Å². The second-order valence-corrected chi connectivity index (χ2v) is 5.80. The molecule has 0 bridgehead atoms. The van der Waals surface area contributed by atoms with E-state index in [0.717, 1.165) is 5.69 Å². The van der Waals surface area contributed by atoms with Gasteiger partial charge in [-0.05, 0) is 37.3 Å². The number of ketones is 1. The van der Waals surface area contributed by atoms with Gasteiger partial charge in [-0.1, -0.05) is 29.8 Å². The zero-order valence-corrected chi connectivity index (χ0v) is 14.0. The lowest BCUT2D eigenvalue weighted by atomic mass is 10.1. The summed E-state index contributed by atoms with van der Waals surface area (Å²) in [4.78, 5) is 26.4. The van der Waals surface area contributed by atoms with Crippen molar-refractivity contribution >= 4 is 29.0 Å². The molecule has 0 aromatic heterocycles. The van der Waals surface area contributed by atoms with Crippen molar-refractivity contribution in [2.45, 2.75) is 13.0 Å². The van der Waals surface area contributed by atoms with Gasteiger partial charge in [0.1, 0.15) is 0 Å². The molecule has 0 aliphatic heterocycles. The minimum Gasteiger partial charge on any atom is -0.451 e. The number of esters is 1. The van der Waals surface area contributed by atoms with Crippen molar-refractivity contribution in [3.63, 3.8) is 0 Å². The van der Waals surface area contributed by atoms with Crippen molar-refractivity contribution in [2.75, 3.05) is 19.0 Å². The number of carbonyl (C=O) groups excluding carboxylic acids is 2. The summed E-state index contributed by atoms with van der Waals surface area (Å²) < 4.78 is 5.28. The fraction of sp³-hybridized carbons (Fsp3) is 0.222. The van der Waals surface area contributed by atoms with Crippen LogP contribution in [0.1, 0.15) is 27.6 Å². The van der Waals surface area contributed by atoms with Crippen LogP contribution < -0.4 is 4.90 Å². The van der Waals surface area contributed by atoms with Crippen molar-refractivity contribution in [1.82, 2.24) is 0 Å². The zero-order valence-electron chi connectivity index (χ0n) is 13.2. The standard InChI is InChI=1S/C18H18ClNO3/c1-12(17(21)13-6-4-8-15(19)10-13)23-18(22)14-7-5-9-16(11-14)20(2)3/h4-12H,1-3H3/t12-/m0/s1. The predicted octanol–water partition coefficient (Wildman–Crippen LogP) is 3.83.